The Bertz CT molecular complexity index is 630. The summed E-state index contributed by atoms with van der Waals surface area (Å²) in [6.45, 7) is 7.34. The Morgan fingerprint density at radius 1 is 1.24 bits per heavy atom. The SMILES string of the molecule is CC(C)(C)C1CCN(S(=O)(=O)c2c(Cl)cc(N)cc2Cl)C1. The van der Waals surface area contributed by atoms with Gasteiger partial charge >= 0.3 is 0 Å². The molecule has 7 heteroatoms. The Hall–Kier alpha value is -0.490. The lowest BCUT2D eigenvalue weighted by atomic mass is 9.80. The first kappa shape index (κ1) is 16.9. The molecule has 1 aromatic rings. The molecule has 0 aromatic heterocycles. The summed E-state index contributed by atoms with van der Waals surface area (Å²) in [6, 6.07) is 2.83. The molecular weight excluding hydrogens is 331 g/mol. The van der Waals surface area contributed by atoms with Crippen molar-refractivity contribution in [3.8, 4) is 0 Å². The number of halogens is 2. The Balaban J connectivity index is 2.37. The third kappa shape index (κ3) is 3.31. The van der Waals surface area contributed by atoms with E-state index in [1.807, 2.05) is 0 Å². The van der Waals surface area contributed by atoms with Crippen molar-refractivity contribution in [2.24, 2.45) is 11.3 Å². The van der Waals surface area contributed by atoms with Crippen molar-refractivity contribution in [2.45, 2.75) is 32.1 Å². The molecule has 1 saturated heterocycles. The van der Waals surface area contributed by atoms with Crippen molar-refractivity contribution in [2.75, 3.05) is 18.8 Å². The minimum atomic E-state index is -3.70. The van der Waals surface area contributed by atoms with Gasteiger partial charge in [-0.05, 0) is 29.9 Å². The molecule has 0 aliphatic carbocycles. The maximum absolute atomic E-state index is 12.8. The Morgan fingerprint density at radius 2 is 1.76 bits per heavy atom. The molecule has 118 valence electrons. The van der Waals surface area contributed by atoms with Gasteiger partial charge < -0.3 is 5.73 Å². The normalized spacial score (nSPS) is 20.9. The highest BCUT2D eigenvalue weighted by Crippen LogP contribution is 2.39. The molecule has 1 fully saturated rings. The maximum atomic E-state index is 12.8. The molecule has 1 heterocycles. The summed E-state index contributed by atoms with van der Waals surface area (Å²) in [5.74, 6) is 0.318. The molecule has 0 bridgehead atoms. The van der Waals surface area contributed by atoms with E-state index in [0.717, 1.165) is 6.42 Å². The average molecular weight is 351 g/mol. The van der Waals surface area contributed by atoms with Gasteiger partial charge in [0.1, 0.15) is 4.90 Å². The highest BCUT2D eigenvalue weighted by atomic mass is 35.5. The summed E-state index contributed by atoms with van der Waals surface area (Å²) in [6.07, 6.45) is 0.840. The lowest BCUT2D eigenvalue weighted by Gasteiger charge is -2.27. The quantitative estimate of drug-likeness (QED) is 0.828. The highest BCUT2D eigenvalue weighted by Gasteiger charge is 2.39. The zero-order chi connectivity index (χ0) is 16.0. The van der Waals surface area contributed by atoms with Crippen LogP contribution in [0.1, 0.15) is 27.2 Å². The molecule has 21 heavy (non-hydrogen) atoms. The first-order valence-corrected chi connectivity index (χ1v) is 8.97. The standard InChI is InChI=1S/C14H20Cl2N2O2S/c1-14(2,3)9-4-5-18(8-9)21(19,20)13-11(15)6-10(17)7-12(13)16/h6-7,9H,4-5,8,17H2,1-3H3. The molecule has 0 amide bonds. The number of nitrogens with zero attached hydrogens (tertiary/aromatic N) is 1. The summed E-state index contributed by atoms with van der Waals surface area (Å²) < 4.78 is 27.0. The molecule has 1 atom stereocenters. The van der Waals surface area contributed by atoms with Crippen LogP contribution in [0.3, 0.4) is 0 Å². The monoisotopic (exact) mass is 350 g/mol. The number of benzene rings is 1. The van der Waals surface area contributed by atoms with E-state index in [9.17, 15) is 8.42 Å². The van der Waals surface area contributed by atoms with Gasteiger partial charge in [0.05, 0.1) is 10.0 Å². The van der Waals surface area contributed by atoms with Crippen LogP contribution < -0.4 is 5.73 Å². The largest absolute Gasteiger partial charge is 0.399 e. The Morgan fingerprint density at radius 3 is 2.19 bits per heavy atom. The van der Waals surface area contributed by atoms with Gasteiger partial charge in [-0.3, -0.25) is 0 Å². The molecule has 0 radical (unpaired) electrons. The Kier molecular flexibility index (Phi) is 4.51. The van der Waals surface area contributed by atoms with E-state index in [1.54, 1.807) is 0 Å². The molecule has 4 nitrogen and oxygen atoms in total. The van der Waals surface area contributed by atoms with E-state index < -0.39 is 10.0 Å². The number of hydrogen-bond acceptors (Lipinski definition) is 3. The second kappa shape index (κ2) is 5.61. The number of nitrogen functional groups attached to an aromatic ring is 1. The summed E-state index contributed by atoms with van der Waals surface area (Å²) >= 11 is 12.1. The van der Waals surface area contributed by atoms with Crippen molar-refractivity contribution in [3.63, 3.8) is 0 Å². The minimum absolute atomic E-state index is 0.0467. The molecular formula is C14H20Cl2N2O2S. The van der Waals surface area contributed by atoms with Gasteiger partial charge in [0, 0.05) is 18.8 Å². The second-order valence-corrected chi connectivity index (χ2v) is 9.22. The van der Waals surface area contributed by atoms with Crippen molar-refractivity contribution in [1.29, 1.82) is 0 Å². The molecule has 1 aromatic carbocycles. The molecule has 2 N–H and O–H groups in total. The van der Waals surface area contributed by atoms with Crippen LogP contribution in [0.4, 0.5) is 5.69 Å². The van der Waals surface area contributed by atoms with E-state index in [4.69, 9.17) is 28.9 Å². The fourth-order valence-corrected chi connectivity index (χ4v) is 5.29. The summed E-state index contributed by atoms with van der Waals surface area (Å²) in [7, 11) is -3.70. The fraction of sp³-hybridized carbons (Fsp3) is 0.571. The van der Waals surface area contributed by atoms with Gasteiger partial charge in [-0.2, -0.15) is 4.31 Å². The smallest absolute Gasteiger partial charge is 0.246 e. The van der Waals surface area contributed by atoms with Crippen molar-refractivity contribution < 1.29 is 8.42 Å². The molecule has 1 aliphatic rings. The fourth-order valence-electron chi connectivity index (χ4n) is 2.61. The predicted octanol–water partition coefficient (Wildman–Crippen LogP) is 3.63. The first-order valence-electron chi connectivity index (χ1n) is 6.78. The Labute approximate surface area is 136 Å². The average Bonchev–Trinajstić information content (AvgIpc) is 2.75. The van der Waals surface area contributed by atoms with Crippen LogP contribution in [0.15, 0.2) is 17.0 Å². The molecule has 2 rings (SSSR count). The van der Waals surface area contributed by atoms with Crippen LogP contribution in [0.25, 0.3) is 0 Å². The summed E-state index contributed by atoms with van der Waals surface area (Å²) in [4.78, 5) is -0.0467. The van der Waals surface area contributed by atoms with E-state index in [0.29, 0.717) is 24.7 Å². The lowest BCUT2D eigenvalue weighted by Crippen LogP contribution is -2.31. The van der Waals surface area contributed by atoms with Crippen molar-refractivity contribution >= 4 is 38.9 Å². The number of anilines is 1. The van der Waals surface area contributed by atoms with Gasteiger partial charge in [0.2, 0.25) is 10.0 Å². The van der Waals surface area contributed by atoms with Crippen LogP contribution >= 0.6 is 23.2 Å². The summed E-state index contributed by atoms with van der Waals surface area (Å²) in [5.41, 5.74) is 6.04. The third-order valence-electron chi connectivity index (χ3n) is 3.99. The molecule has 1 unspecified atom stereocenters. The zero-order valence-electron chi connectivity index (χ0n) is 12.4. The number of sulfonamides is 1. The van der Waals surface area contributed by atoms with E-state index >= 15 is 0 Å². The van der Waals surface area contributed by atoms with Crippen LogP contribution in [0.2, 0.25) is 10.0 Å². The van der Waals surface area contributed by atoms with Crippen LogP contribution in [-0.4, -0.2) is 25.8 Å². The predicted molar refractivity (Wildman–Crippen MR) is 87.2 cm³/mol. The topological polar surface area (TPSA) is 63.4 Å². The van der Waals surface area contributed by atoms with Gasteiger partial charge in [-0.1, -0.05) is 44.0 Å². The van der Waals surface area contributed by atoms with Crippen LogP contribution in [-0.2, 0) is 10.0 Å². The lowest BCUT2D eigenvalue weighted by molar-refractivity contribution is 0.252. The van der Waals surface area contributed by atoms with Crippen molar-refractivity contribution in [1.82, 2.24) is 4.31 Å². The van der Waals surface area contributed by atoms with E-state index in [-0.39, 0.29) is 20.4 Å². The van der Waals surface area contributed by atoms with E-state index in [2.05, 4.69) is 20.8 Å². The van der Waals surface area contributed by atoms with Gasteiger partial charge in [-0.25, -0.2) is 8.42 Å². The number of hydrogen-bond donors (Lipinski definition) is 1. The maximum Gasteiger partial charge on any atom is 0.246 e. The van der Waals surface area contributed by atoms with E-state index in [1.165, 1.54) is 16.4 Å². The number of rotatable bonds is 2. The zero-order valence-corrected chi connectivity index (χ0v) is 14.7. The highest BCUT2D eigenvalue weighted by molar-refractivity contribution is 7.89. The molecule has 0 spiro atoms. The second-order valence-electron chi connectivity index (χ2n) is 6.53. The number of nitrogens with two attached hydrogens (primary N) is 1. The van der Waals surface area contributed by atoms with Gasteiger partial charge in [0.25, 0.3) is 0 Å². The first-order chi connectivity index (χ1) is 9.53. The van der Waals surface area contributed by atoms with Crippen LogP contribution in [0, 0.1) is 11.3 Å². The minimum Gasteiger partial charge on any atom is -0.399 e. The third-order valence-corrected chi connectivity index (χ3v) is 6.78. The molecule has 1 aliphatic heterocycles. The van der Waals surface area contributed by atoms with Crippen LogP contribution in [0.5, 0.6) is 0 Å². The van der Waals surface area contributed by atoms with Gasteiger partial charge in [-0.15, -0.1) is 0 Å². The summed E-state index contributed by atoms with van der Waals surface area (Å²) in [5, 5.41) is 0.137. The molecule has 0 saturated carbocycles. The van der Waals surface area contributed by atoms with Crippen molar-refractivity contribution in [3.05, 3.63) is 22.2 Å². The van der Waals surface area contributed by atoms with Gasteiger partial charge in [0.15, 0.2) is 0 Å².